The molecule has 2 aliphatic heterocycles. The van der Waals surface area contributed by atoms with Gasteiger partial charge < -0.3 is 9.47 Å². The zero-order valence-corrected chi connectivity index (χ0v) is 21.9. The van der Waals surface area contributed by atoms with Crippen molar-refractivity contribution in [2.75, 3.05) is 6.61 Å². The Morgan fingerprint density at radius 1 is 1.13 bits per heavy atom. The number of hydrazine groups is 1. The number of carbonyl (C=O) groups is 3. The van der Waals surface area contributed by atoms with Crippen LogP contribution in [0.3, 0.4) is 0 Å². The van der Waals surface area contributed by atoms with Gasteiger partial charge in [0.1, 0.15) is 24.8 Å². The first-order chi connectivity index (χ1) is 18.4. The smallest absolute Gasteiger partial charge is 0.425 e. The third kappa shape index (κ3) is 5.36. The second-order valence-corrected chi connectivity index (χ2v) is 10.8. The first kappa shape index (κ1) is 26.1. The predicted molar refractivity (Wildman–Crippen MR) is 141 cm³/mol. The molecule has 8 nitrogen and oxygen atoms in total. The van der Waals surface area contributed by atoms with E-state index >= 15 is 0 Å². The van der Waals surface area contributed by atoms with Crippen LogP contribution < -0.4 is 0 Å². The maximum absolute atomic E-state index is 13.6. The first-order valence-corrected chi connectivity index (χ1v) is 13.6. The fourth-order valence-electron chi connectivity index (χ4n) is 5.84. The molecule has 3 fully saturated rings. The number of cyclic esters (lactones) is 1. The molecular formula is C30H35N3O5. The van der Waals surface area contributed by atoms with Gasteiger partial charge in [-0.05, 0) is 54.7 Å². The summed E-state index contributed by atoms with van der Waals surface area (Å²) in [4.78, 5) is 44.2. The number of amides is 1. The van der Waals surface area contributed by atoms with Crippen molar-refractivity contribution in [2.45, 2.75) is 70.2 Å². The maximum atomic E-state index is 13.6. The molecule has 3 heterocycles. The molecule has 38 heavy (non-hydrogen) atoms. The van der Waals surface area contributed by atoms with Crippen molar-refractivity contribution in [3.05, 3.63) is 72.1 Å². The van der Waals surface area contributed by atoms with Gasteiger partial charge in [-0.25, -0.2) is 14.6 Å². The highest BCUT2D eigenvalue weighted by molar-refractivity contribution is 6.12. The fraction of sp³-hybridized carbons (Fsp3) is 0.467. The van der Waals surface area contributed by atoms with Crippen LogP contribution in [0.1, 0.15) is 63.1 Å². The van der Waals surface area contributed by atoms with Crippen LogP contribution in [0.15, 0.2) is 60.9 Å². The normalized spacial score (nSPS) is 28.0. The summed E-state index contributed by atoms with van der Waals surface area (Å²) in [7, 11) is 0. The van der Waals surface area contributed by atoms with Crippen LogP contribution in [0.5, 0.6) is 0 Å². The molecule has 5 atom stereocenters. The standard InChI is InChI=1S/C30H35N3O5/c1-20(2)17-23-12-6-7-13-26(23)38-29(35)27-28(34)24(15-14-21-9-8-16-31-18-21)32(27)33-25(19-37-30(33)36)22-10-4-3-5-11-22/h3-5,8-11,14-16,18,20,23-27H,6-7,12-13,17,19H2,1-2H3/t23-,24+,25+,26+,27?/m0/s1. The number of ether oxygens (including phenoxy) is 2. The fourth-order valence-corrected chi connectivity index (χ4v) is 5.84. The minimum absolute atomic E-state index is 0.132. The van der Waals surface area contributed by atoms with Crippen LogP contribution >= 0.6 is 0 Å². The summed E-state index contributed by atoms with van der Waals surface area (Å²) in [6.45, 7) is 4.48. The van der Waals surface area contributed by atoms with Gasteiger partial charge in [-0.15, -0.1) is 0 Å². The molecule has 1 aromatic carbocycles. The van der Waals surface area contributed by atoms with Crippen LogP contribution in [0.25, 0.3) is 6.08 Å². The number of pyridine rings is 1. The molecule has 1 unspecified atom stereocenters. The molecule has 2 saturated heterocycles. The van der Waals surface area contributed by atoms with E-state index in [0.29, 0.717) is 5.92 Å². The molecule has 2 aromatic rings. The Morgan fingerprint density at radius 2 is 1.92 bits per heavy atom. The van der Waals surface area contributed by atoms with Crippen molar-refractivity contribution in [3.8, 4) is 0 Å². The number of carbonyl (C=O) groups excluding carboxylic acids is 3. The maximum Gasteiger partial charge on any atom is 0.425 e. The summed E-state index contributed by atoms with van der Waals surface area (Å²) in [6.07, 6.45) is 11.0. The monoisotopic (exact) mass is 517 g/mol. The lowest BCUT2D eigenvalue weighted by Gasteiger charge is -2.49. The molecule has 200 valence electrons. The van der Waals surface area contributed by atoms with E-state index in [1.54, 1.807) is 35.6 Å². The molecule has 8 heteroatoms. The summed E-state index contributed by atoms with van der Waals surface area (Å²) in [6, 6.07) is 10.7. The Bertz CT molecular complexity index is 1170. The highest BCUT2D eigenvalue weighted by Gasteiger charge is 2.59. The molecular weight excluding hydrogens is 482 g/mol. The van der Waals surface area contributed by atoms with Crippen LogP contribution in [-0.4, -0.2) is 57.6 Å². The molecule has 1 aromatic heterocycles. The number of hydrogen-bond acceptors (Lipinski definition) is 7. The summed E-state index contributed by atoms with van der Waals surface area (Å²) in [5.74, 6) is -0.105. The van der Waals surface area contributed by atoms with Gasteiger partial charge >= 0.3 is 12.1 Å². The Labute approximate surface area is 223 Å². The number of Topliss-reactive ketones (excluding diaryl/α,β-unsaturated/α-hetero) is 1. The van der Waals surface area contributed by atoms with Crippen molar-refractivity contribution in [1.29, 1.82) is 0 Å². The second kappa shape index (κ2) is 11.5. The molecule has 0 bridgehead atoms. The zero-order valence-electron chi connectivity index (χ0n) is 21.9. The third-order valence-corrected chi connectivity index (χ3v) is 7.65. The lowest BCUT2D eigenvalue weighted by Crippen LogP contribution is -2.73. The Kier molecular flexibility index (Phi) is 7.88. The van der Waals surface area contributed by atoms with E-state index in [-0.39, 0.29) is 24.4 Å². The number of hydrogen-bond donors (Lipinski definition) is 0. The van der Waals surface area contributed by atoms with Crippen molar-refractivity contribution < 1.29 is 23.9 Å². The van der Waals surface area contributed by atoms with Gasteiger partial charge in [0.2, 0.25) is 0 Å². The van der Waals surface area contributed by atoms with E-state index in [0.717, 1.165) is 43.2 Å². The molecule has 0 N–H and O–H groups in total. The van der Waals surface area contributed by atoms with E-state index in [4.69, 9.17) is 9.47 Å². The van der Waals surface area contributed by atoms with Crippen LogP contribution in [0, 0.1) is 11.8 Å². The number of benzene rings is 1. The number of rotatable bonds is 8. The number of esters is 1. The first-order valence-electron chi connectivity index (χ1n) is 13.6. The zero-order chi connectivity index (χ0) is 26.6. The molecule has 5 rings (SSSR count). The summed E-state index contributed by atoms with van der Waals surface area (Å²) in [5.41, 5.74) is 1.68. The average molecular weight is 518 g/mol. The summed E-state index contributed by atoms with van der Waals surface area (Å²) < 4.78 is 11.5. The summed E-state index contributed by atoms with van der Waals surface area (Å²) >= 11 is 0. The average Bonchev–Trinajstić information content (AvgIpc) is 3.29. The van der Waals surface area contributed by atoms with Gasteiger partial charge in [0.25, 0.3) is 0 Å². The predicted octanol–water partition coefficient (Wildman–Crippen LogP) is 4.97. The molecule has 1 amide bonds. The topological polar surface area (TPSA) is 89.0 Å². The molecule has 0 radical (unpaired) electrons. The number of ketones is 1. The van der Waals surface area contributed by atoms with Gasteiger partial charge in [-0.1, -0.05) is 68.8 Å². The highest BCUT2D eigenvalue weighted by Crippen LogP contribution is 2.38. The van der Waals surface area contributed by atoms with Gasteiger partial charge in [0.15, 0.2) is 11.8 Å². The quantitative estimate of drug-likeness (QED) is 0.361. The van der Waals surface area contributed by atoms with Gasteiger partial charge in [0, 0.05) is 12.4 Å². The van der Waals surface area contributed by atoms with Crippen LogP contribution in [0.2, 0.25) is 0 Å². The van der Waals surface area contributed by atoms with Crippen molar-refractivity contribution in [2.24, 2.45) is 11.8 Å². The van der Waals surface area contributed by atoms with Gasteiger partial charge in [0.05, 0.1) is 0 Å². The second-order valence-electron chi connectivity index (χ2n) is 10.8. The molecule has 1 aliphatic carbocycles. The Hall–Kier alpha value is -3.52. The van der Waals surface area contributed by atoms with Crippen LogP contribution in [-0.2, 0) is 19.1 Å². The van der Waals surface area contributed by atoms with Gasteiger partial charge in [-0.3, -0.25) is 9.78 Å². The molecule has 3 aliphatic rings. The number of aromatic nitrogens is 1. The Balaban J connectivity index is 1.42. The largest absolute Gasteiger partial charge is 0.461 e. The van der Waals surface area contributed by atoms with E-state index in [1.807, 2.05) is 36.4 Å². The lowest BCUT2D eigenvalue weighted by atomic mass is 9.81. The lowest BCUT2D eigenvalue weighted by molar-refractivity contribution is -0.189. The van der Waals surface area contributed by atoms with Gasteiger partial charge in [-0.2, -0.15) is 5.01 Å². The van der Waals surface area contributed by atoms with E-state index in [1.165, 1.54) is 5.01 Å². The highest BCUT2D eigenvalue weighted by atomic mass is 16.6. The van der Waals surface area contributed by atoms with Crippen molar-refractivity contribution >= 4 is 23.9 Å². The molecule has 0 spiro atoms. The Morgan fingerprint density at radius 3 is 2.66 bits per heavy atom. The molecule has 1 saturated carbocycles. The van der Waals surface area contributed by atoms with E-state index in [2.05, 4.69) is 18.8 Å². The number of nitrogens with zero attached hydrogens (tertiary/aromatic N) is 3. The van der Waals surface area contributed by atoms with E-state index < -0.39 is 30.2 Å². The van der Waals surface area contributed by atoms with E-state index in [9.17, 15) is 14.4 Å². The SMILES string of the molecule is CC(C)C[C@@H]1CCCC[C@H]1OC(=O)C1C(=O)[C@@H](C=Cc2cccnc2)N1N1C(=O)OC[C@@H]1c1ccccc1. The third-order valence-electron chi connectivity index (χ3n) is 7.65. The minimum atomic E-state index is -1.20. The van der Waals surface area contributed by atoms with Crippen molar-refractivity contribution in [1.82, 2.24) is 15.0 Å². The van der Waals surface area contributed by atoms with Crippen LogP contribution in [0.4, 0.5) is 4.79 Å². The summed E-state index contributed by atoms with van der Waals surface area (Å²) in [5, 5.41) is 2.97. The van der Waals surface area contributed by atoms with Crippen molar-refractivity contribution in [3.63, 3.8) is 0 Å². The minimum Gasteiger partial charge on any atom is -0.461 e.